The lowest BCUT2D eigenvalue weighted by molar-refractivity contribution is 0.868. The minimum absolute atomic E-state index is 0.0191. The van der Waals surface area contributed by atoms with Gasteiger partial charge in [-0.15, -0.1) is 0 Å². The molecule has 3 aromatic rings. The maximum absolute atomic E-state index is 12.6. The first kappa shape index (κ1) is 17.7. The van der Waals surface area contributed by atoms with Crippen molar-refractivity contribution in [3.8, 4) is 0 Å². The zero-order chi connectivity index (χ0) is 19.0. The van der Waals surface area contributed by atoms with E-state index in [1.54, 1.807) is 38.1 Å². The third kappa shape index (κ3) is 3.18. The molecule has 8 nitrogen and oxygen atoms in total. The number of nitrogens with two attached hydrogens (primary N) is 2. The van der Waals surface area contributed by atoms with Gasteiger partial charge in [-0.25, -0.2) is 9.97 Å². The average molecular weight is 373 g/mol. The molecule has 2 aromatic heterocycles. The summed E-state index contributed by atoms with van der Waals surface area (Å²) in [6.07, 6.45) is 0. The number of anilines is 2. The number of halogens is 1. The molecule has 0 spiro atoms. The number of aromatic amines is 2. The Morgan fingerprint density at radius 2 is 1.31 bits per heavy atom. The molecule has 0 aliphatic heterocycles. The molecule has 2 heterocycles. The van der Waals surface area contributed by atoms with Crippen LogP contribution in [0, 0.1) is 13.8 Å². The highest BCUT2D eigenvalue weighted by Crippen LogP contribution is 2.33. The van der Waals surface area contributed by atoms with Crippen LogP contribution in [0.1, 0.15) is 34.3 Å². The van der Waals surface area contributed by atoms with Crippen LogP contribution in [0.25, 0.3) is 0 Å². The molecule has 0 radical (unpaired) electrons. The maximum atomic E-state index is 12.6. The van der Waals surface area contributed by atoms with E-state index in [1.807, 2.05) is 0 Å². The summed E-state index contributed by atoms with van der Waals surface area (Å²) in [6.45, 7) is 3.24. The first-order valence-electron chi connectivity index (χ1n) is 7.76. The summed E-state index contributed by atoms with van der Waals surface area (Å²) in [5, 5.41) is 0.514. The van der Waals surface area contributed by atoms with Crippen molar-refractivity contribution in [2.24, 2.45) is 0 Å². The number of nitrogen functional groups attached to an aromatic ring is 2. The van der Waals surface area contributed by atoms with E-state index >= 15 is 0 Å². The second-order valence-electron chi connectivity index (χ2n) is 5.89. The van der Waals surface area contributed by atoms with Gasteiger partial charge in [0.1, 0.15) is 23.3 Å². The van der Waals surface area contributed by atoms with Gasteiger partial charge in [0.15, 0.2) is 0 Å². The zero-order valence-electron chi connectivity index (χ0n) is 14.1. The summed E-state index contributed by atoms with van der Waals surface area (Å²) in [5.41, 5.74) is 12.0. The van der Waals surface area contributed by atoms with Crippen LogP contribution in [0.4, 0.5) is 11.6 Å². The van der Waals surface area contributed by atoms with Crippen LogP contribution in [-0.2, 0) is 0 Å². The number of rotatable bonds is 3. The van der Waals surface area contributed by atoms with Crippen molar-refractivity contribution in [3.05, 3.63) is 78.3 Å². The second-order valence-corrected chi connectivity index (χ2v) is 6.32. The Bertz CT molecular complexity index is 1020. The number of H-pyrrole nitrogens is 2. The quantitative estimate of drug-likeness (QED) is 0.548. The number of hydrogen-bond acceptors (Lipinski definition) is 6. The number of nitrogens with one attached hydrogen (secondary N) is 2. The second kappa shape index (κ2) is 6.64. The van der Waals surface area contributed by atoms with Gasteiger partial charge in [-0.2, -0.15) is 0 Å². The molecule has 0 atom stereocenters. The average Bonchev–Trinajstić information content (AvgIpc) is 2.52. The van der Waals surface area contributed by atoms with Crippen molar-refractivity contribution in [3.63, 3.8) is 0 Å². The van der Waals surface area contributed by atoms with E-state index in [1.165, 1.54) is 0 Å². The summed E-state index contributed by atoms with van der Waals surface area (Å²) >= 11 is 5.97. The first-order valence-corrected chi connectivity index (χ1v) is 8.13. The van der Waals surface area contributed by atoms with Gasteiger partial charge in [0.2, 0.25) is 0 Å². The molecule has 9 heteroatoms. The van der Waals surface area contributed by atoms with E-state index in [0.29, 0.717) is 22.2 Å². The molecule has 0 saturated carbocycles. The Morgan fingerprint density at radius 1 is 0.885 bits per heavy atom. The Hall–Kier alpha value is -3.13. The molecule has 3 rings (SSSR count). The molecule has 134 valence electrons. The minimum Gasteiger partial charge on any atom is -0.383 e. The van der Waals surface area contributed by atoms with E-state index < -0.39 is 17.0 Å². The fraction of sp³-hybridized carbons (Fsp3) is 0.176. The van der Waals surface area contributed by atoms with Crippen molar-refractivity contribution in [2.75, 3.05) is 11.5 Å². The van der Waals surface area contributed by atoms with E-state index in [-0.39, 0.29) is 22.8 Å². The largest absolute Gasteiger partial charge is 0.383 e. The number of hydrogen-bond donors (Lipinski definition) is 4. The molecule has 0 aliphatic carbocycles. The Kier molecular flexibility index (Phi) is 4.52. The molecule has 0 aliphatic rings. The topological polar surface area (TPSA) is 144 Å². The fourth-order valence-corrected chi connectivity index (χ4v) is 3.05. The molecule has 0 amide bonds. The van der Waals surface area contributed by atoms with E-state index in [2.05, 4.69) is 19.9 Å². The first-order chi connectivity index (χ1) is 12.3. The standard InChI is InChI=1S/C17H17ClN6O2/c1-7-21-14(19)12(16(25)23-7)11(9-3-5-10(18)6-4-9)13-15(20)22-8(2)24-17(13)26/h3-6,11H,1-2H3,(H3,19,21,23,25)(H3,20,22,24,26). The molecule has 0 fully saturated rings. The smallest absolute Gasteiger partial charge is 0.257 e. The summed E-state index contributed by atoms with van der Waals surface area (Å²) in [4.78, 5) is 38.7. The lowest BCUT2D eigenvalue weighted by Gasteiger charge is -2.19. The van der Waals surface area contributed by atoms with Gasteiger partial charge in [-0.3, -0.25) is 9.59 Å². The van der Waals surface area contributed by atoms with Crippen LogP contribution < -0.4 is 22.6 Å². The predicted octanol–water partition coefficient (Wildman–Crippen LogP) is 1.47. The van der Waals surface area contributed by atoms with Crippen molar-refractivity contribution >= 4 is 23.2 Å². The number of aromatic nitrogens is 4. The summed E-state index contributed by atoms with van der Waals surface area (Å²) in [7, 11) is 0. The number of aryl methyl sites for hydroxylation is 2. The SMILES string of the molecule is Cc1nc(N)c(C(c2ccc(Cl)cc2)c2c(N)nc(C)[nH]c2=O)c(=O)[nH]1. The molecular weight excluding hydrogens is 356 g/mol. The fourth-order valence-electron chi connectivity index (χ4n) is 2.92. The lowest BCUT2D eigenvalue weighted by Crippen LogP contribution is -2.28. The minimum atomic E-state index is -0.846. The third-order valence-corrected chi connectivity index (χ3v) is 4.24. The zero-order valence-corrected chi connectivity index (χ0v) is 14.9. The van der Waals surface area contributed by atoms with Crippen LogP contribution in [0.5, 0.6) is 0 Å². The molecule has 0 bridgehead atoms. The molecular formula is C17H17ClN6O2. The Morgan fingerprint density at radius 3 is 1.69 bits per heavy atom. The van der Waals surface area contributed by atoms with E-state index in [9.17, 15) is 9.59 Å². The highest BCUT2D eigenvalue weighted by atomic mass is 35.5. The predicted molar refractivity (Wildman–Crippen MR) is 100 cm³/mol. The maximum Gasteiger partial charge on any atom is 0.257 e. The summed E-state index contributed by atoms with van der Waals surface area (Å²) in [6, 6.07) is 6.71. The Balaban J connectivity index is 2.38. The normalized spacial score (nSPS) is 11.1. The lowest BCUT2D eigenvalue weighted by atomic mass is 9.86. The summed E-state index contributed by atoms with van der Waals surface area (Å²) < 4.78 is 0. The molecule has 1 aromatic carbocycles. The van der Waals surface area contributed by atoms with Crippen molar-refractivity contribution in [1.82, 2.24) is 19.9 Å². The highest BCUT2D eigenvalue weighted by Gasteiger charge is 2.28. The van der Waals surface area contributed by atoms with E-state index in [4.69, 9.17) is 23.1 Å². The van der Waals surface area contributed by atoms with Crippen LogP contribution in [0.2, 0.25) is 5.02 Å². The number of benzene rings is 1. The summed E-state index contributed by atoms with van der Waals surface area (Å²) in [5.74, 6) is -0.0675. The van der Waals surface area contributed by atoms with Crippen LogP contribution in [0.15, 0.2) is 33.9 Å². The van der Waals surface area contributed by atoms with Gasteiger partial charge in [-0.1, -0.05) is 23.7 Å². The molecule has 6 N–H and O–H groups in total. The van der Waals surface area contributed by atoms with Crippen molar-refractivity contribution in [2.45, 2.75) is 19.8 Å². The van der Waals surface area contributed by atoms with Gasteiger partial charge in [0.05, 0.1) is 17.0 Å². The van der Waals surface area contributed by atoms with Gasteiger partial charge in [0, 0.05) is 5.02 Å². The highest BCUT2D eigenvalue weighted by molar-refractivity contribution is 6.30. The van der Waals surface area contributed by atoms with Gasteiger partial charge in [0.25, 0.3) is 11.1 Å². The van der Waals surface area contributed by atoms with Crippen LogP contribution in [0.3, 0.4) is 0 Å². The van der Waals surface area contributed by atoms with Crippen molar-refractivity contribution in [1.29, 1.82) is 0 Å². The monoisotopic (exact) mass is 372 g/mol. The number of nitrogens with zero attached hydrogens (tertiary/aromatic N) is 2. The molecule has 0 saturated heterocycles. The Labute approximate surface area is 153 Å². The molecule has 26 heavy (non-hydrogen) atoms. The van der Waals surface area contributed by atoms with Gasteiger partial charge < -0.3 is 21.4 Å². The van der Waals surface area contributed by atoms with Crippen LogP contribution in [-0.4, -0.2) is 19.9 Å². The van der Waals surface area contributed by atoms with Gasteiger partial charge in [-0.05, 0) is 31.5 Å². The molecule has 0 unspecified atom stereocenters. The van der Waals surface area contributed by atoms with Crippen LogP contribution >= 0.6 is 11.6 Å². The van der Waals surface area contributed by atoms with E-state index in [0.717, 1.165) is 0 Å². The third-order valence-electron chi connectivity index (χ3n) is 3.99. The van der Waals surface area contributed by atoms with Crippen molar-refractivity contribution < 1.29 is 0 Å². The van der Waals surface area contributed by atoms with Gasteiger partial charge >= 0.3 is 0 Å².